The van der Waals surface area contributed by atoms with E-state index in [0.717, 1.165) is 24.3 Å². The molecule has 3 fully saturated rings. The quantitative estimate of drug-likeness (QED) is 0.837. The zero-order valence-corrected chi connectivity index (χ0v) is 13.1. The van der Waals surface area contributed by atoms with Crippen LogP contribution in [0.15, 0.2) is 0 Å². The van der Waals surface area contributed by atoms with Crippen LogP contribution in [0, 0.1) is 17.8 Å². The van der Waals surface area contributed by atoms with Crippen molar-refractivity contribution in [3.63, 3.8) is 0 Å². The van der Waals surface area contributed by atoms with Gasteiger partial charge in [-0.1, -0.05) is 6.42 Å². The maximum Gasteiger partial charge on any atom is 0.00128 e. The number of rotatable bonds is 5. The molecule has 0 bridgehead atoms. The van der Waals surface area contributed by atoms with E-state index in [1.54, 1.807) is 0 Å². The molecule has 1 aliphatic carbocycles. The second kappa shape index (κ2) is 7.24. The number of piperidine rings is 1. The van der Waals surface area contributed by atoms with Gasteiger partial charge in [0.15, 0.2) is 0 Å². The first-order valence-electron chi connectivity index (χ1n) is 9.00. The smallest absolute Gasteiger partial charge is 0.00128 e. The van der Waals surface area contributed by atoms with Crippen LogP contribution in [0.4, 0.5) is 0 Å². The Morgan fingerprint density at radius 1 is 0.700 bits per heavy atom. The van der Waals surface area contributed by atoms with E-state index < -0.39 is 0 Å². The summed E-state index contributed by atoms with van der Waals surface area (Å²) in [5.41, 5.74) is 5.92. The van der Waals surface area contributed by atoms with Crippen LogP contribution in [-0.2, 0) is 0 Å². The minimum atomic E-state index is 0.817. The first kappa shape index (κ1) is 14.8. The molecule has 116 valence electrons. The van der Waals surface area contributed by atoms with Crippen molar-refractivity contribution in [2.24, 2.45) is 23.5 Å². The van der Waals surface area contributed by atoms with Gasteiger partial charge in [0.25, 0.3) is 0 Å². The summed E-state index contributed by atoms with van der Waals surface area (Å²) < 4.78 is 0. The average molecular weight is 279 g/mol. The van der Waals surface area contributed by atoms with Crippen molar-refractivity contribution in [2.45, 2.75) is 44.9 Å². The number of hydrogen-bond donors (Lipinski definition) is 1. The number of likely N-dealkylation sites (tertiary alicyclic amines) is 2. The van der Waals surface area contributed by atoms with Crippen LogP contribution in [0.3, 0.4) is 0 Å². The van der Waals surface area contributed by atoms with Gasteiger partial charge in [0.1, 0.15) is 0 Å². The highest BCUT2D eigenvalue weighted by molar-refractivity contribution is 4.83. The summed E-state index contributed by atoms with van der Waals surface area (Å²) in [5.74, 6) is 2.69. The van der Waals surface area contributed by atoms with Crippen molar-refractivity contribution >= 4 is 0 Å². The molecule has 3 nitrogen and oxygen atoms in total. The van der Waals surface area contributed by atoms with E-state index >= 15 is 0 Å². The number of hydrogen-bond acceptors (Lipinski definition) is 3. The van der Waals surface area contributed by atoms with Crippen molar-refractivity contribution in [1.29, 1.82) is 0 Å². The molecule has 3 aliphatic rings. The SMILES string of the molecule is NCC1CCCC1CN1CCC(CN2CCCC2)CC1. The van der Waals surface area contributed by atoms with E-state index in [9.17, 15) is 0 Å². The second-order valence-electron chi connectivity index (χ2n) is 7.44. The van der Waals surface area contributed by atoms with Gasteiger partial charge in [-0.25, -0.2) is 0 Å². The highest BCUT2D eigenvalue weighted by Gasteiger charge is 2.29. The van der Waals surface area contributed by atoms with Crippen molar-refractivity contribution in [1.82, 2.24) is 9.80 Å². The first-order chi connectivity index (χ1) is 9.85. The Labute approximate surface area is 124 Å². The average Bonchev–Trinajstić information content (AvgIpc) is 3.12. The van der Waals surface area contributed by atoms with Crippen molar-refractivity contribution in [2.75, 3.05) is 45.8 Å². The third kappa shape index (κ3) is 3.75. The van der Waals surface area contributed by atoms with Crippen LogP contribution in [0.25, 0.3) is 0 Å². The van der Waals surface area contributed by atoms with E-state index in [0.29, 0.717) is 0 Å². The van der Waals surface area contributed by atoms with Gasteiger partial charge >= 0.3 is 0 Å². The Bertz CT molecular complexity index is 280. The maximum absolute atomic E-state index is 5.92. The summed E-state index contributed by atoms with van der Waals surface area (Å²) >= 11 is 0. The molecule has 0 aromatic rings. The monoisotopic (exact) mass is 279 g/mol. The Morgan fingerprint density at radius 3 is 2.05 bits per heavy atom. The largest absolute Gasteiger partial charge is 0.330 e. The Kier molecular flexibility index (Phi) is 5.36. The third-order valence-electron chi connectivity index (χ3n) is 6.03. The zero-order chi connectivity index (χ0) is 13.8. The van der Waals surface area contributed by atoms with Gasteiger partial charge in [0, 0.05) is 13.1 Å². The summed E-state index contributed by atoms with van der Waals surface area (Å²) in [6.07, 6.45) is 9.94. The molecular formula is C17H33N3. The van der Waals surface area contributed by atoms with E-state index in [-0.39, 0.29) is 0 Å². The molecule has 2 N–H and O–H groups in total. The first-order valence-corrected chi connectivity index (χ1v) is 9.00. The van der Waals surface area contributed by atoms with E-state index in [4.69, 9.17) is 5.73 Å². The Hall–Kier alpha value is -0.120. The van der Waals surface area contributed by atoms with Gasteiger partial charge in [-0.05, 0) is 89.0 Å². The number of nitrogens with two attached hydrogens (primary N) is 1. The molecule has 20 heavy (non-hydrogen) atoms. The molecular weight excluding hydrogens is 246 g/mol. The third-order valence-corrected chi connectivity index (χ3v) is 6.03. The van der Waals surface area contributed by atoms with Crippen LogP contribution in [0.1, 0.15) is 44.9 Å². The molecule has 0 aromatic carbocycles. The van der Waals surface area contributed by atoms with Gasteiger partial charge in [0.2, 0.25) is 0 Å². The topological polar surface area (TPSA) is 32.5 Å². The lowest BCUT2D eigenvalue weighted by Gasteiger charge is -2.36. The van der Waals surface area contributed by atoms with E-state index in [2.05, 4.69) is 9.80 Å². The van der Waals surface area contributed by atoms with Gasteiger partial charge in [0.05, 0.1) is 0 Å². The highest BCUT2D eigenvalue weighted by atomic mass is 15.2. The molecule has 2 saturated heterocycles. The summed E-state index contributed by atoms with van der Waals surface area (Å²) in [7, 11) is 0. The zero-order valence-electron chi connectivity index (χ0n) is 13.1. The molecule has 2 heterocycles. The lowest BCUT2D eigenvalue weighted by atomic mass is 9.92. The van der Waals surface area contributed by atoms with Gasteiger partial charge in [-0.2, -0.15) is 0 Å². The fraction of sp³-hybridized carbons (Fsp3) is 1.00. The van der Waals surface area contributed by atoms with Gasteiger partial charge < -0.3 is 15.5 Å². The summed E-state index contributed by atoms with van der Waals surface area (Å²) in [5, 5.41) is 0. The molecule has 2 aliphatic heterocycles. The fourth-order valence-electron chi connectivity index (χ4n) is 4.68. The molecule has 3 heteroatoms. The molecule has 2 unspecified atom stereocenters. The highest BCUT2D eigenvalue weighted by Crippen LogP contribution is 2.32. The lowest BCUT2D eigenvalue weighted by molar-refractivity contribution is 0.129. The minimum Gasteiger partial charge on any atom is -0.330 e. The normalized spacial score (nSPS) is 34.0. The van der Waals surface area contributed by atoms with Crippen LogP contribution in [-0.4, -0.2) is 55.6 Å². The molecule has 3 rings (SSSR count). The molecule has 2 atom stereocenters. The second-order valence-corrected chi connectivity index (χ2v) is 7.44. The summed E-state index contributed by atoms with van der Waals surface area (Å²) in [6.45, 7) is 9.02. The molecule has 0 amide bonds. The Morgan fingerprint density at radius 2 is 1.35 bits per heavy atom. The van der Waals surface area contributed by atoms with Crippen LogP contribution < -0.4 is 5.73 Å². The molecule has 0 spiro atoms. The molecule has 0 radical (unpaired) electrons. The summed E-state index contributed by atoms with van der Waals surface area (Å²) in [4.78, 5) is 5.43. The van der Waals surface area contributed by atoms with Gasteiger partial charge in [-0.15, -0.1) is 0 Å². The van der Waals surface area contributed by atoms with Gasteiger partial charge in [-0.3, -0.25) is 0 Å². The van der Waals surface area contributed by atoms with Crippen molar-refractivity contribution in [3.05, 3.63) is 0 Å². The van der Waals surface area contributed by atoms with Crippen LogP contribution >= 0.6 is 0 Å². The lowest BCUT2D eigenvalue weighted by Crippen LogP contribution is -2.41. The number of nitrogens with zero attached hydrogens (tertiary/aromatic N) is 2. The Balaban J connectivity index is 1.37. The van der Waals surface area contributed by atoms with E-state index in [1.807, 2.05) is 0 Å². The predicted molar refractivity (Wildman–Crippen MR) is 84.7 cm³/mol. The van der Waals surface area contributed by atoms with E-state index in [1.165, 1.54) is 84.2 Å². The summed E-state index contributed by atoms with van der Waals surface area (Å²) in [6, 6.07) is 0. The maximum atomic E-state index is 5.92. The fourth-order valence-corrected chi connectivity index (χ4v) is 4.68. The molecule has 1 saturated carbocycles. The minimum absolute atomic E-state index is 0.817. The van der Waals surface area contributed by atoms with Crippen LogP contribution in [0.2, 0.25) is 0 Å². The molecule has 0 aromatic heterocycles. The van der Waals surface area contributed by atoms with Crippen molar-refractivity contribution in [3.8, 4) is 0 Å². The standard InChI is InChI=1S/C17H33N3/c18-12-16-4-3-5-17(16)14-20-10-6-15(7-11-20)13-19-8-1-2-9-19/h15-17H,1-14,18H2. The predicted octanol–water partition coefficient (Wildman–Crippen LogP) is 2.17. The van der Waals surface area contributed by atoms with Crippen LogP contribution in [0.5, 0.6) is 0 Å². The van der Waals surface area contributed by atoms with Crippen molar-refractivity contribution < 1.29 is 0 Å².